The van der Waals surface area contributed by atoms with E-state index < -0.39 is 0 Å². The highest BCUT2D eigenvalue weighted by molar-refractivity contribution is 6.30. The third-order valence-electron chi connectivity index (χ3n) is 4.80. The molecule has 0 aromatic carbocycles. The van der Waals surface area contributed by atoms with Crippen molar-refractivity contribution in [2.75, 3.05) is 13.1 Å². The second kappa shape index (κ2) is 6.54. The zero-order valence-electron chi connectivity index (χ0n) is 13.8. The molecule has 1 aliphatic heterocycles. The Labute approximate surface area is 146 Å². The van der Waals surface area contributed by atoms with Crippen molar-refractivity contribution < 1.29 is 0 Å². The number of nitrogens with zero attached hydrogens (tertiary/aromatic N) is 3. The Morgan fingerprint density at radius 1 is 1.33 bits per heavy atom. The van der Waals surface area contributed by atoms with Gasteiger partial charge >= 0.3 is 0 Å². The molecule has 24 heavy (non-hydrogen) atoms. The van der Waals surface area contributed by atoms with Crippen LogP contribution in [0.15, 0.2) is 36.7 Å². The Bertz CT molecular complexity index is 865. The predicted molar refractivity (Wildman–Crippen MR) is 97.7 cm³/mol. The first-order valence-corrected chi connectivity index (χ1v) is 8.97. The molecule has 1 unspecified atom stereocenters. The molecule has 5 heteroatoms. The van der Waals surface area contributed by atoms with E-state index in [1.54, 1.807) is 0 Å². The fourth-order valence-electron chi connectivity index (χ4n) is 3.41. The number of aryl methyl sites for hydroxylation is 1. The lowest BCUT2D eigenvalue weighted by Gasteiger charge is -2.22. The van der Waals surface area contributed by atoms with Gasteiger partial charge in [-0.2, -0.15) is 5.10 Å². The fraction of sp³-hybridized carbons (Fsp3) is 0.368. The first kappa shape index (κ1) is 15.6. The second-order valence-corrected chi connectivity index (χ2v) is 6.85. The Morgan fingerprint density at radius 2 is 2.25 bits per heavy atom. The number of rotatable bonds is 3. The van der Waals surface area contributed by atoms with Gasteiger partial charge in [0.25, 0.3) is 0 Å². The molecule has 4 rings (SSSR count). The molecule has 124 valence electrons. The summed E-state index contributed by atoms with van der Waals surface area (Å²) in [7, 11) is 0. The van der Waals surface area contributed by atoms with Gasteiger partial charge in [0.2, 0.25) is 0 Å². The van der Waals surface area contributed by atoms with Crippen LogP contribution in [-0.4, -0.2) is 27.7 Å². The monoisotopic (exact) mass is 340 g/mol. The summed E-state index contributed by atoms with van der Waals surface area (Å²) >= 11 is 6.41. The number of hydrogen-bond donors (Lipinski definition) is 1. The molecule has 1 aliphatic rings. The maximum Gasteiger partial charge on any atom is 0.0758 e. The van der Waals surface area contributed by atoms with E-state index in [1.165, 1.54) is 12.0 Å². The second-order valence-electron chi connectivity index (χ2n) is 6.42. The van der Waals surface area contributed by atoms with Crippen molar-refractivity contribution in [1.29, 1.82) is 0 Å². The molecule has 0 saturated carbocycles. The lowest BCUT2D eigenvalue weighted by Crippen LogP contribution is -2.28. The first-order valence-electron chi connectivity index (χ1n) is 8.59. The van der Waals surface area contributed by atoms with Crippen LogP contribution in [0.2, 0.25) is 5.02 Å². The van der Waals surface area contributed by atoms with Crippen molar-refractivity contribution in [3.63, 3.8) is 0 Å². The standard InChI is InChI=1S/C19H21ClN4/c1-2-13-5-7-24-19(8-13)16(12-22-24)18-10-15(20)9-17(23-18)14-4-3-6-21-11-14/h5,7-10,12,14,21H,2-4,6,11H2,1H3. The molecule has 0 bridgehead atoms. The van der Waals surface area contributed by atoms with Gasteiger partial charge < -0.3 is 5.32 Å². The van der Waals surface area contributed by atoms with Crippen LogP contribution in [0.4, 0.5) is 0 Å². The normalized spacial score (nSPS) is 18.2. The molecule has 1 N–H and O–H groups in total. The zero-order valence-corrected chi connectivity index (χ0v) is 14.6. The number of halogens is 1. The predicted octanol–water partition coefficient (Wildman–Crippen LogP) is 4.08. The summed E-state index contributed by atoms with van der Waals surface area (Å²) in [6, 6.07) is 8.24. The molecule has 1 saturated heterocycles. The molecule has 0 aliphatic carbocycles. The molecule has 0 amide bonds. The summed E-state index contributed by atoms with van der Waals surface area (Å²) in [5.41, 5.74) is 5.40. The molecule has 4 heterocycles. The van der Waals surface area contributed by atoms with Crippen molar-refractivity contribution in [1.82, 2.24) is 19.9 Å². The molecular formula is C19H21ClN4. The van der Waals surface area contributed by atoms with Crippen LogP contribution in [0.1, 0.15) is 36.9 Å². The summed E-state index contributed by atoms with van der Waals surface area (Å²) in [4.78, 5) is 4.93. The minimum absolute atomic E-state index is 0.434. The van der Waals surface area contributed by atoms with Crippen molar-refractivity contribution in [2.24, 2.45) is 0 Å². The summed E-state index contributed by atoms with van der Waals surface area (Å²) in [6.07, 6.45) is 7.24. The van der Waals surface area contributed by atoms with E-state index in [0.717, 1.165) is 53.4 Å². The summed E-state index contributed by atoms with van der Waals surface area (Å²) in [5.74, 6) is 0.434. The average molecular weight is 341 g/mol. The Balaban J connectivity index is 1.80. The number of nitrogens with one attached hydrogen (secondary N) is 1. The van der Waals surface area contributed by atoms with Gasteiger partial charge in [-0.05, 0) is 55.6 Å². The number of hydrogen-bond acceptors (Lipinski definition) is 3. The van der Waals surface area contributed by atoms with Crippen LogP contribution in [-0.2, 0) is 6.42 Å². The van der Waals surface area contributed by atoms with Gasteiger partial charge in [-0.25, -0.2) is 4.52 Å². The highest BCUT2D eigenvalue weighted by Crippen LogP contribution is 2.30. The maximum atomic E-state index is 6.41. The van der Waals surface area contributed by atoms with Crippen LogP contribution < -0.4 is 5.32 Å². The smallest absolute Gasteiger partial charge is 0.0758 e. The Morgan fingerprint density at radius 3 is 3.04 bits per heavy atom. The van der Waals surface area contributed by atoms with Gasteiger partial charge in [-0.15, -0.1) is 0 Å². The number of pyridine rings is 2. The lowest BCUT2D eigenvalue weighted by molar-refractivity contribution is 0.455. The molecule has 0 radical (unpaired) electrons. The highest BCUT2D eigenvalue weighted by Gasteiger charge is 2.19. The average Bonchev–Trinajstić information content (AvgIpc) is 3.05. The van der Waals surface area contributed by atoms with E-state index in [9.17, 15) is 0 Å². The van der Waals surface area contributed by atoms with E-state index in [0.29, 0.717) is 5.92 Å². The van der Waals surface area contributed by atoms with E-state index in [4.69, 9.17) is 16.6 Å². The molecule has 1 fully saturated rings. The molecular weight excluding hydrogens is 320 g/mol. The number of fused-ring (bicyclic) bond motifs is 1. The van der Waals surface area contributed by atoms with Gasteiger partial charge in [0, 0.05) is 34.9 Å². The minimum atomic E-state index is 0.434. The van der Waals surface area contributed by atoms with Crippen molar-refractivity contribution >= 4 is 17.1 Å². The zero-order chi connectivity index (χ0) is 16.5. The summed E-state index contributed by atoms with van der Waals surface area (Å²) < 4.78 is 1.90. The van der Waals surface area contributed by atoms with Crippen LogP contribution in [0.3, 0.4) is 0 Å². The largest absolute Gasteiger partial charge is 0.316 e. The van der Waals surface area contributed by atoms with Crippen LogP contribution in [0.25, 0.3) is 16.8 Å². The van der Waals surface area contributed by atoms with Crippen molar-refractivity contribution in [3.8, 4) is 11.3 Å². The third-order valence-corrected chi connectivity index (χ3v) is 5.01. The van der Waals surface area contributed by atoms with E-state index >= 15 is 0 Å². The van der Waals surface area contributed by atoms with E-state index in [-0.39, 0.29) is 0 Å². The van der Waals surface area contributed by atoms with Crippen LogP contribution in [0, 0.1) is 0 Å². The van der Waals surface area contributed by atoms with E-state index in [1.807, 2.05) is 29.0 Å². The first-order chi connectivity index (χ1) is 11.7. The summed E-state index contributed by atoms with van der Waals surface area (Å²) in [5, 5.41) is 8.66. The minimum Gasteiger partial charge on any atom is -0.316 e. The SMILES string of the molecule is CCc1ccn2ncc(-c3cc(Cl)cc(C4CCCNC4)n3)c2c1. The van der Waals surface area contributed by atoms with Crippen molar-refractivity contribution in [2.45, 2.75) is 32.1 Å². The molecule has 4 nitrogen and oxygen atoms in total. The number of aromatic nitrogens is 3. The van der Waals surface area contributed by atoms with Gasteiger partial charge in [0.05, 0.1) is 17.4 Å². The van der Waals surface area contributed by atoms with Gasteiger partial charge in [-0.3, -0.25) is 4.98 Å². The van der Waals surface area contributed by atoms with Crippen molar-refractivity contribution in [3.05, 3.63) is 52.9 Å². The number of piperidine rings is 1. The van der Waals surface area contributed by atoms with Gasteiger partial charge in [0.15, 0.2) is 0 Å². The van der Waals surface area contributed by atoms with Crippen LogP contribution >= 0.6 is 11.6 Å². The quantitative estimate of drug-likeness (QED) is 0.781. The summed E-state index contributed by atoms with van der Waals surface area (Å²) in [6.45, 7) is 4.23. The van der Waals surface area contributed by atoms with Gasteiger partial charge in [-0.1, -0.05) is 18.5 Å². The lowest BCUT2D eigenvalue weighted by atomic mass is 9.95. The van der Waals surface area contributed by atoms with E-state index in [2.05, 4.69) is 29.5 Å². The molecule has 3 aromatic rings. The maximum absolute atomic E-state index is 6.41. The molecule has 1 atom stereocenters. The Hall–Kier alpha value is -1.91. The molecule has 0 spiro atoms. The topological polar surface area (TPSA) is 42.2 Å². The highest BCUT2D eigenvalue weighted by atomic mass is 35.5. The fourth-order valence-corrected chi connectivity index (χ4v) is 3.63. The third kappa shape index (κ3) is 2.92. The van der Waals surface area contributed by atoms with Gasteiger partial charge in [0.1, 0.15) is 0 Å². The molecule has 3 aromatic heterocycles. The Kier molecular flexibility index (Phi) is 4.25. The van der Waals surface area contributed by atoms with Crippen LogP contribution in [0.5, 0.6) is 0 Å².